The van der Waals surface area contributed by atoms with E-state index in [1.54, 1.807) is 0 Å². The smallest absolute Gasteiger partial charge is 0.249 e. The number of aliphatic hydroxyl groups is 7. The zero-order valence-electron chi connectivity index (χ0n) is 55.4. The first-order valence-corrected chi connectivity index (χ1v) is 37.1. The van der Waals surface area contributed by atoms with Gasteiger partial charge in [-0.05, 0) is 38.5 Å². The van der Waals surface area contributed by atoms with E-state index in [0.29, 0.717) is 19.3 Å². The molecule has 0 aromatic heterocycles. The predicted octanol–water partition coefficient (Wildman–Crippen LogP) is 18.2. The van der Waals surface area contributed by atoms with Crippen LogP contribution in [0.2, 0.25) is 0 Å². The van der Waals surface area contributed by atoms with Crippen LogP contribution in [0.3, 0.4) is 0 Å². The van der Waals surface area contributed by atoms with Crippen LogP contribution < -0.4 is 5.32 Å². The molecule has 8 N–H and O–H groups in total. The number of unbranched alkanes of at least 4 members (excludes halogenated alkanes) is 52. The second-order valence-corrected chi connectivity index (χ2v) is 26.4. The number of ether oxygens (including phenoxy) is 2. The molecule has 1 saturated heterocycles. The third kappa shape index (κ3) is 48.7. The molecule has 1 amide bonds. The van der Waals surface area contributed by atoms with Crippen molar-refractivity contribution in [1.82, 2.24) is 5.32 Å². The fourth-order valence-corrected chi connectivity index (χ4v) is 12.4. The van der Waals surface area contributed by atoms with E-state index in [9.17, 15) is 40.5 Å². The molecule has 0 saturated carbocycles. The fourth-order valence-electron chi connectivity index (χ4n) is 12.4. The molecule has 9 atom stereocenters. The van der Waals surface area contributed by atoms with E-state index >= 15 is 0 Å². The summed E-state index contributed by atoms with van der Waals surface area (Å²) in [5, 5.41) is 76.6. The van der Waals surface area contributed by atoms with Gasteiger partial charge >= 0.3 is 0 Å². The summed E-state index contributed by atoms with van der Waals surface area (Å²) in [5.74, 6) is -0.689. The van der Waals surface area contributed by atoms with E-state index in [4.69, 9.17) is 9.47 Å². The average Bonchev–Trinajstić information content (AvgIpc) is 3.66. The summed E-state index contributed by atoms with van der Waals surface area (Å²) >= 11 is 0. The van der Waals surface area contributed by atoms with Crippen molar-refractivity contribution >= 4 is 5.91 Å². The highest BCUT2D eigenvalue weighted by molar-refractivity contribution is 5.80. The Kier molecular flexibility index (Phi) is 59.7. The van der Waals surface area contributed by atoms with Crippen LogP contribution in [0.5, 0.6) is 0 Å². The number of carbonyl (C=O) groups excluding carboxylic acids is 1. The van der Waals surface area contributed by atoms with Crippen molar-refractivity contribution in [3.63, 3.8) is 0 Å². The molecule has 1 fully saturated rings. The summed E-state index contributed by atoms with van der Waals surface area (Å²) in [7, 11) is 0. The van der Waals surface area contributed by atoms with Gasteiger partial charge in [0.05, 0.1) is 25.4 Å². The Morgan fingerprint density at radius 3 is 1.00 bits per heavy atom. The Balaban J connectivity index is 2.17. The molecular weight excluding hydrogens is 1050 g/mol. The van der Waals surface area contributed by atoms with Crippen molar-refractivity contribution in [2.45, 2.75) is 435 Å². The highest BCUT2D eigenvalue weighted by Crippen LogP contribution is 2.24. The SMILES string of the molecule is CCCCCCCCCCCCCC/C=C\CCCCCCCCCCCCCCC(O)C(=O)NC(COC1OC(CO)C(O)C(O)C1O)C(O)C(O)CCCCCCCCCCCCCCCCCCCCCCCCCCCCCCC. The number of hydrogen-bond donors (Lipinski definition) is 8. The largest absolute Gasteiger partial charge is 0.394 e. The normalized spacial score (nSPS) is 18.9. The topological polar surface area (TPSA) is 189 Å². The lowest BCUT2D eigenvalue weighted by molar-refractivity contribution is -0.303. The van der Waals surface area contributed by atoms with E-state index in [1.807, 2.05) is 0 Å². The molecule has 9 unspecified atom stereocenters. The van der Waals surface area contributed by atoms with Crippen LogP contribution >= 0.6 is 0 Å². The number of nitrogens with one attached hydrogen (secondary N) is 1. The van der Waals surface area contributed by atoms with Crippen LogP contribution in [-0.4, -0.2) is 110 Å². The minimum Gasteiger partial charge on any atom is -0.394 e. The van der Waals surface area contributed by atoms with Crippen molar-refractivity contribution in [2.24, 2.45) is 0 Å². The van der Waals surface area contributed by atoms with Gasteiger partial charge in [0.2, 0.25) is 5.91 Å². The zero-order valence-corrected chi connectivity index (χ0v) is 55.4. The second kappa shape index (κ2) is 62.1. The summed E-state index contributed by atoms with van der Waals surface area (Å²) in [6, 6.07) is -1.17. The molecule has 1 aliphatic heterocycles. The Labute approximate surface area is 519 Å². The Morgan fingerprint density at radius 1 is 0.405 bits per heavy atom. The Hall–Kier alpha value is -1.15. The minimum atomic E-state index is -1.66. The molecule has 11 nitrogen and oxygen atoms in total. The molecule has 0 aliphatic carbocycles. The lowest BCUT2D eigenvalue weighted by atomic mass is 9.98. The van der Waals surface area contributed by atoms with E-state index in [1.165, 1.54) is 302 Å². The Bertz CT molecular complexity index is 1370. The van der Waals surface area contributed by atoms with Gasteiger partial charge in [-0.3, -0.25) is 4.79 Å². The molecule has 500 valence electrons. The van der Waals surface area contributed by atoms with Crippen molar-refractivity contribution in [3.8, 4) is 0 Å². The van der Waals surface area contributed by atoms with Gasteiger partial charge in [0, 0.05) is 0 Å². The van der Waals surface area contributed by atoms with Gasteiger partial charge in [-0.25, -0.2) is 0 Å². The third-order valence-corrected chi connectivity index (χ3v) is 18.3. The van der Waals surface area contributed by atoms with Crippen LogP contribution in [0.15, 0.2) is 12.2 Å². The highest BCUT2D eigenvalue weighted by Gasteiger charge is 2.44. The number of amides is 1. The summed E-state index contributed by atoms with van der Waals surface area (Å²) in [4.78, 5) is 13.3. The first-order valence-electron chi connectivity index (χ1n) is 37.1. The number of rotatable bonds is 66. The molecule has 11 heteroatoms. The van der Waals surface area contributed by atoms with Crippen LogP contribution in [0.4, 0.5) is 0 Å². The monoisotopic (exact) mass is 1190 g/mol. The first kappa shape index (κ1) is 80.9. The number of allylic oxidation sites excluding steroid dienone is 2. The molecule has 0 aromatic carbocycles. The molecule has 0 spiro atoms. The quantitative estimate of drug-likeness (QED) is 0.0215. The van der Waals surface area contributed by atoms with Gasteiger partial charge in [-0.1, -0.05) is 353 Å². The molecule has 1 aliphatic rings. The third-order valence-electron chi connectivity index (χ3n) is 18.3. The second-order valence-electron chi connectivity index (χ2n) is 26.4. The maximum Gasteiger partial charge on any atom is 0.249 e. The van der Waals surface area contributed by atoms with E-state index < -0.39 is 74.2 Å². The number of hydrogen-bond acceptors (Lipinski definition) is 10. The predicted molar refractivity (Wildman–Crippen MR) is 353 cm³/mol. The maximum atomic E-state index is 13.3. The average molecular weight is 1190 g/mol. The van der Waals surface area contributed by atoms with Crippen molar-refractivity contribution in [1.29, 1.82) is 0 Å². The van der Waals surface area contributed by atoms with Crippen LogP contribution in [-0.2, 0) is 14.3 Å². The molecular formula is C73H143NO10. The van der Waals surface area contributed by atoms with Crippen LogP contribution in [0.25, 0.3) is 0 Å². The molecule has 0 radical (unpaired) electrons. The van der Waals surface area contributed by atoms with Gasteiger partial charge < -0.3 is 50.5 Å². The van der Waals surface area contributed by atoms with Gasteiger partial charge in [0.25, 0.3) is 0 Å². The summed E-state index contributed by atoms with van der Waals surface area (Å²) in [6.45, 7) is 3.53. The van der Waals surface area contributed by atoms with Crippen molar-refractivity contribution < 1.29 is 50.0 Å². The Morgan fingerprint density at radius 2 is 0.690 bits per heavy atom. The summed E-state index contributed by atoms with van der Waals surface area (Å²) in [5.41, 5.74) is 0. The zero-order chi connectivity index (χ0) is 61.0. The molecule has 1 rings (SSSR count). The molecule has 0 aromatic rings. The van der Waals surface area contributed by atoms with E-state index in [2.05, 4.69) is 31.3 Å². The van der Waals surface area contributed by atoms with Gasteiger partial charge in [-0.15, -0.1) is 0 Å². The van der Waals surface area contributed by atoms with Gasteiger partial charge in [-0.2, -0.15) is 0 Å². The number of aliphatic hydroxyl groups excluding tert-OH is 7. The van der Waals surface area contributed by atoms with Crippen molar-refractivity contribution in [2.75, 3.05) is 13.2 Å². The highest BCUT2D eigenvalue weighted by atomic mass is 16.7. The van der Waals surface area contributed by atoms with E-state index in [-0.39, 0.29) is 6.42 Å². The lowest BCUT2D eigenvalue weighted by Gasteiger charge is -2.40. The summed E-state index contributed by atoms with van der Waals surface area (Å²) in [6.07, 6.45) is 65.9. The molecule has 1 heterocycles. The molecule has 84 heavy (non-hydrogen) atoms. The van der Waals surface area contributed by atoms with Gasteiger partial charge in [0.15, 0.2) is 6.29 Å². The maximum absolute atomic E-state index is 13.3. The van der Waals surface area contributed by atoms with Crippen LogP contribution in [0.1, 0.15) is 380 Å². The lowest BCUT2D eigenvalue weighted by Crippen LogP contribution is -2.60. The fraction of sp³-hybridized carbons (Fsp3) is 0.959. The van der Waals surface area contributed by atoms with Gasteiger partial charge in [0.1, 0.15) is 36.6 Å². The number of carbonyl (C=O) groups is 1. The van der Waals surface area contributed by atoms with Crippen LogP contribution in [0, 0.1) is 0 Å². The molecule has 0 bridgehead atoms. The summed E-state index contributed by atoms with van der Waals surface area (Å²) < 4.78 is 11.2. The standard InChI is InChI=1S/C73H143NO10/c1-3-5-7-9-11-13-15-17-19-21-23-25-27-29-31-33-35-36-38-40-42-44-46-48-50-52-54-56-58-60-65(76)68(78)64(63-83-73-71(81)70(80)69(79)67(62-75)84-73)74-72(82)66(77)61-59-57-55-53-51-49-47-45-43-41-39-37-34-32-30-28-26-24-22-20-18-16-14-12-10-8-6-4-2/h30,32,64-71,73,75-81H,3-29,31,33-63H2,1-2H3,(H,74,82)/b32-30-. The van der Waals surface area contributed by atoms with Crippen molar-refractivity contribution in [3.05, 3.63) is 12.2 Å². The minimum absolute atomic E-state index is 0.264. The first-order chi connectivity index (χ1) is 41.2. The van der Waals surface area contributed by atoms with E-state index in [0.717, 1.165) is 38.5 Å².